The van der Waals surface area contributed by atoms with Crippen LogP contribution in [0.2, 0.25) is 0 Å². The Morgan fingerprint density at radius 1 is 1.17 bits per heavy atom. The summed E-state index contributed by atoms with van der Waals surface area (Å²) in [5.74, 6) is 0.803. The van der Waals surface area contributed by atoms with Gasteiger partial charge in [0.2, 0.25) is 0 Å². The van der Waals surface area contributed by atoms with Crippen molar-refractivity contribution in [1.82, 2.24) is 4.90 Å². The number of ether oxygens (including phenoxy) is 1. The Morgan fingerprint density at radius 2 is 1.89 bits per heavy atom. The van der Waals surface area contributed by atoms with Gasteiger partial charge in [-0.05, 0) is 18.6 Å². The molecule has 1 aromatic carbocycles. The Labute approximate surface area is 107 Å². The summed E-state index contributed by atoms with van der Waals surface area (Å²) >= 11 is 0. The lowest BCUT2D eigenvalue weighted by molar-refractivity contribution is 0.0867. The Hall–Kier alpha value is -1.20. The maximum Gasteiger partial charge on any atom is 0.251 e. The molecule has 0 unspecified atom stereocenters. The normalized spacial score (nSPS) is 11.2. The van der Waals surface area contributed by atoms with E-state index in [-0.39, 0.29) is 6.54 Å². The summed E-state index contributed by atoms with van der Waals surface area (Å²) in [7, 11) is 0. The second-order valence-corrected chi connectivity index (χ2v) is 4.00. The van der Waals surface area contributed by atoms with Crippen LogP contribution in [0.1, 0.15) is 6.42 Å². The van der Waals surface area contributed by atoms with E-state index in [0.29, 0.717) is 32.7 Å². The van der Waals surface area contributed by atoms with Gasteiger partial charge in [0.15, 0.2) is 0 Å². The van der Waals surface area contributed by atoms with E-state index in [1.54, 1.807) is 4.90 Å². The Balaban J connectivity index is 2.18. The minimum atomic E-state index is -2.31. The molecule has 0 heterocycles. The van der Waals surface area contributed by atoms with E-state index in [0.717, 1.165) is 5.75 Å². The summed E-state index contributed by atoms with van der Waals surface area (Å²) in [6.45, 7) is 1.77. The van der Waals surface area contributed by atoms with Crippen LogP contribution in [0.25, 0.3) is 0 Å². The molecule has 0 bridgehead atoms. The third-order valence-corrected chi connectivity index (χ3v) is 2.47. The molecule has 1 aromatic rings. The average Bonchev–Trinajstić information content (AvgIpc) is 2.35. The molecule has 0 aliphatic rings. The smallest absolute Gasteiger partial charge is 0.251 e. The third-order valence-electron chi connectivity index (χ3n) is 2.47. The molecular weight excluding hydrogens is 238 g/mol. The first-order chi connectivity index (χ1) is 8.72. The Kier molecular flexibility index (Phi) is 7.29. The zero-order valence-electron chi connectivity index (χ0n) is 10.4. The molecule has 0 spiro atoms. The second-order valence-electron chi connectivity index (χ2n) is 4.00. The van der Waals surface area contributed by atoms with Gasteiger partial charge in [-0.2, -0.15) is 0 Å². The molecule has 0 aliphatic heterocycles. The predicted octanol–water partition coefficient (Wildman–Crippen LogP) is 1.98. The molecule has 5 heteroatoms. The zero-order chi connectivity index (χ0) is 13.2. The van der Waals surface area contributed by atoms with Gasteiger partial charge in [-0.3, -0.25) is 4.90 Å². The first kappa shape index (κ1) is 14.9. The average molecular weight is 258 g/mol. The third kappa shape index (κ3) is 6.51. The van der Waals surface area contributed by atoms with E-state index < -0.39 is 6.43 Å². The zero-order valence-corrected chi connectivity index (χ0v) is 10.4. The number of hydrogen-bond donors (Lipinski definition) is 1. The fraction of sp³-hybridized carbons (Fsp3) is 0.538. The van der Waals surface area contributed by atoms with Crippen molar-refractivity contribution in [2.75, 3.05) is 32.8 Å². The highest BCUT2D eigenvalue weighted by Gasteiger charge is 2.10. The lowest BCUT2D eigenvalue weighted by Gasteiger charge is -2.20. The standard InChI is InChI=1S/C13H20F2N2O/c14-13(15)11-17(9-7-16)8-4-10-18-12-5-2-1-3-6-12/h1-3,5-6,13H,4,7-11,16H2. The van der Waals surface area contributed by atoms with Crippen LogP contribution in [-0.4, -0.2) is 44.1 Å². The van der Waals surface area contributed by atoms with Gasteiger partial charge in [0.25, 0.3) is 6.43 Å². The minimum absolute atomic E-state index is 0.220. The van der Waals surface area contributed by atoms with Crippen LogP contribution in [0, 0.1) is 0 Å². The largest absolute Gasteiger partial charge is 0.494 e. The van der Waals surface area contributed by atoms with E-state index in [1.807, 2.05) is 30.3 Å². The van der Waals surface area contributed by atoms with E-state index >= 15 is 0 Å². The van der Waals surface area contributed by atoms with Gasteiger partial charge in [-0.15, -0.1) is 0 Å². The van der Waals surface area contributed by atoms with Gasteiger partial charge in [0.05, 0.1) is 13.2 Å². The fourth-order valence-electron chi connectivity index (χ4n) is 1.67. The molecule has 0 aliphatic carbocycles. The quantitative estimate of drug-likeness (QED) is 0.688. The molecule has 0 atom stereocenters. The lowest BCUT2D eigenvalue weighted by Crippen LogP contribution is -2.34. The highest BCUT2D eigenvalue weighted by Crippen LogP contribution is 2.08. The molecule has 2 N–H and O–H groups in total. The molecule has 18 heavy (non-hydrogen) atoms. The van der Waals surface area contributed by atoms with Crippen LogP contribution in [0.3, 0.4) is 0 Å². The number of alkyl halides is 2. The summed E-state index contributed by atoms with van der Waals surface area (Å²) in [5.41, 5.74) is 5.38. The summed E-state index contributed by atoms with van der Waals surface area (Å²) in [4.78, 5) is 1.67. The molecule has 0 radical (unpaired) electrons. The van der Waals surface area contributed by atoms with Crippen LogP contribution >= 0.6 is 0 Å². The molecule has 102 valence electrons. The van der Waals surface area contributed by atoms with Gasteiger partial charge in [0, 0.05) is 19.6 Å². The molecule has 0 saturated carbocycles. The van der Waals surface area contributed by atoms with E-state index in [2.05, 4.69) is 0 Å². The van der Waals surface area contributed by atoms with Gasteiger partial charge in [0.1, 0.15) is 5.75 Å². The van der Waals surface area contributed by atoms with Crippen LogP contribution in [-0.2, 0) is 0 Å². The van der Waals surface area contributed by atoms with Crippen LogP contribution in [0.5, 0.6) is 5.75 Å². The van der Waals surface area contributed by atoms with Crippen molar-refractivity contribution in [2.24, 2.45) is 5.73 Å². The van der Waals surface area contributed by atoms with Crippen molar-refractivity contribution >= 4 is 0 Å². The maximum absolute atomic E-state index is 12.3. The summed E-state index contributed by atoms with van der Waals surface area (Å²) < 4.78 is 30.0. The van der Waals surface area contributed by atoms with Crippen molar-refractivity contribution in [3.05, 3.63) is 30.3 Å². The first-order valence-electron chi connectivity index (χ1n) is 6.11. The fourth-order valence-corrected chi connectivity index (χ4v) is 1.67. The molecule has 0 fully saturated rings. The molecule has 1 rings (SSSR count). The van der Waals surface area contributed by atoms with Crippen molar-refractivity contribution in [3.63, 3.8) is 0 Å². The highest BCUT2D eigenvalue weighted by atomic mass is 19.3. The van der Waals surface area contributed by atoms with E-state index in [4.69, 9.17) is 10.5 Å². The number of nitrogens with two attached hydrogens (primary N) is 1. The Morgan fingerprint density at radius 3 is 2.50 bits per heavy atom. The SMILES string of the molecule is NCCN(CCCOc1ccccc1)CC(F)F. The molecule has 0 amide bonds. The predicted molar refractivity (Wildman–Crippen MR) is 68.1 cm³/mol. The van der Waals surface area contributed by atoms with Crippen LogP contribution in [0.15, 0.2) is 30.3 Å². The van der Waals surface area contributed by atoms with Crippen molar-refractivity contribution in [2.45, 2.75) is 12.8 Å². The van der Waals surface area contributed by atoms with Crippen molar-refractivity contribution in [1.29, 1.82) is 0 Å². The van der Waals surface area contributed by atoms with Gasteiger partial charge in [-0.1, -0.05) is 18.2 Å². The molecule has 0 aromatic heterocycles. The Bertz CT molecular complexity index is 309. The van der Waals surface area contributed by atoms with Crippen molar-refractivity contribution < 1.29 is 13.5 Å². The number of nitrogens with zero attached hydrogens (tertiary/aromatic N) is 1. The van der Waals surface area contributed by atoms with Crippen LogP contribution in [0.4, 0.5) is 8.78 Å². The number of hydrogen-bond acceptors (Lipinski definition) is 3. The lowest BCUT2D eigenvalue weighted by atomic mass is 10.3. The van der Waals surface area contributed by atoms with E-state index in [9.17, 15) is 8.78 Å². The molecule has 3 nitrogen and oxygen atoms in total. The second kappa shape index (κ2) is 8.83. The summed E-state index contributed by atoms with van der Waals surface area (Å²) in [5, 5.41) is 0. The number of rotatable bonds is 9. The number of para-hydroxylation sites is 1. The first-order valence-corrected chi connectivity index (χ1v) is 6.11. The maximum atomic E-state index is 12.3. The van der Waals surface area contributed by atoms with Gasteiger partial charge < -0.3 is 10.5 Å². The topological polar surface area (TPSA) is 38.5 Å². The molecule has 0 saturated heterocycles. The molecular formula is C13H20F2N2O. The monoisotopic (exact) mass is 258 g/mol. The van der Waals surface area contributed by atoms with E-state index in [1.165, 1.54) is 0 Å². The van der Waals surface area contributed by atoms with Crippen LogP contribution < -0.4 is 10.5 Å². The van der Waals surface area contributed by atoms with Gasteiger partial charge in [-0.25, -0.2) is 8.78 Å². The minimum Gasteiger partial charge on any atom is -0.494 e. The number of benzene rings is 1. The van der Waals surface area contributed by atoms with Crippen molar-refractivity contribution in [3.8, 4) is 5.75 Å². The summed E-state index contributed by atoms with van der Waals surface area (Å²) in [6.07, 6.45) is -1.60. The highest BCUT2D eigenvalue weighted by molar-refractivity contribution is 5.20. The number of halogens is 2. The van der Waals surface area contributed by atoms with Gasteiger partial charge >= 0.3 is 0 Å². The summed E-state index contributed by atoms with van der Waals surface area (Å²) in [6, 6.07) is 9.45.